The van der Waals surface area contributed by atoms with Crippen molar-refractivity contribution in [3.8, 4) is 0 Å². The Morgan fingerprint density at radius 2 is 1.83 bits per heavy atom. The summed E-state index contributed by atoms with van der Waals surface area (Å²) < 4.78 is 1.09. The van der Waals surface area contributed by atoms with Crippen LogP contribution in [0.4, 0.5) is 0 Å². The fourth-order valence-corrected chi connectivity index (χ4v) is 3.83. The van der Waals surface area contributed by atoms with Crippen LogP contribution in [-0.4, -0.2) is 37.0 Å². The van der Waals surface area contributed by atoms with Gasteiger partial charge in [0.1, 0.15) is 0 Å². The molecular formula is C19H27BrN2O. The van der Waals surface area contributed by atoms with E-state index in [0.29, 0.717) is 5.92 Å². The third-order valence-corrected chi connectivity index (χ3v) is 5.60. The normalized spacial score (nSPS) is 24.9. The van der Waals surface area contributed by atoms with E-state index in [1.165, 1.54) is 44.3 Å². The van der Waals surface area contributed by atoms with Crippen LogP contribution in [0.5, 0.6) is 0 Å². The van der Waals surface area contributed by atoms with Crippen LogP contribution in [0.3, 0.4) is 0 Å². The van der Waals surface area contributed by atoms with Gasteiger partial charge in [0.25, 0.3) is 0 Å². The van der Waals surface area contributed by atoms with Gasteiger partial charge in [0.2, 0.25) is 5.91 Å². The zero-order valence-electron chi connectivity index (χ0n) is 13.8. The van der Waals surface area contributed by atoms with Crippen molar-refractivity contribution >= 4 is 21.8 Å². The van der Waals surface area contributed by atoms with Crippen molar-refractivity contribution in [1.29, 1.82) is 0 Å². The zero-order chi connectivity index (χ0) is 16.1. The summed E-state index contributed by atoms with van der Waals surface area (Å²) in [7, 11) is 0. The monoisotopic (exact) mass is 378 g/mol. The van der Waals surface area contributed by atoms with Crippen LogP contribution in [0.15, 0.2) is 28.7 Å². The number of carbonyl (C=O) groups is 1. The Morgan fingerprint density at radius 3 is 2.52 bits per heavy atom. The summed E-state index contributed by atoms with van der Waals surface area (Å²) in [6.07, 6.45) is 7.51. The molecule has 1 amide bonds. The zero-order valence-corrected chi connectivity index (χ0v) is 15.4. The van der Waals surface area contributed by atoms with Gasteiger partial charge in [-0.3, -0.25) is 4.79 Å². The number of halogens is 1. The molecule has 0 aromatic heterocycles. The number of carbonyl (C=O) groups excluding carboxylic acids is 1. The summed E-state index contributed by atoms with van der Waals surface area (Å²) in [6, 6.07) is 8.37. The van der Waals surface area contributed by atoms with Gasteiger partial charge in [-0.15, -0.1) is 0 Å². The van der Waals surface area contributed by atoms with Gasteiger partial charge >= 0.3 is 0 Å². The van der Waals surface area contributed by atoms with E-state index in [2.05, 4.69) is 50.4 Å². The molecule has 2 fully saturated rings. The average molecular weight is 379 g/mol. The van der Waals surface area contributed by atoms with Gasteiger partial charge in [-0.1, -0.05) is 40.9 Å². The van der Waals surface area contributed by atoms with E-state index in [1.54, 1.807) is 0 Å². The highest BCUT2D eigenvalue weighted by atomic mass is 79.9. The van der Waals surface area contributed by atoms with Crippen LogP contribution in [0, 0.1) is 5.92 Å². The highest BCUT2D eigenvalue weighted by Gasteiger charge is 2.43. The SMILES string of the molecule is O=C(NCCCN1CCCCCC1)C1CC1c1ccc(Br)cc1. The van der Waals surface area contributed by atoms with Gasteiger partial charge < -0.3 is 10.2 Å². The molecule has 1 aromatic carbocycles. The average Bonchev–Trinajstić information content (AvgIpc) is 3.36. The van der Waals surface area contributed by atoms with Crippen molar-refractivity contribution in [3.63, 3.8) is 0 Å². The minimum Gasteiger partial charge on any atom is -0.356 e. The first-order valence-corrected chi connectivity index (χ1v) is 9.79. The molecule has 2 unspecified atom stereocenters. The predicted octanol–water partition coefficient (Wildman–Crippen LogP) is 3.93. The lowest BCUT2D eigenvalue weighted by atomic mass is 10.1. The Bertz CT molecular complexity index is 509. The molecule has 0 bridgehead atoms. The first-order valence-electron chi connectivity index (χ1n) is 8.99. The minimum atomic E-state index is 0.189. The summed E-state index contributed by atoms with van der Waals surface area (Å²) in [5.74, 6) is 0.858. The quantitative estimate of drug-likeness (QED) is 0.760. The van der Waals surface area contributed by atoms with E-state index in [1.807, 2.05) is 0 Å². The van der Waals surface area contributed by atoms with Crippen molar-refractivity contribution in [1.82, 2.24) is 10.2 Å². The summed E-state index contributed by atoms with van der Waals surface area (Å²) >= 11 is 3.46. The van der Waals surface area contributed by atoms with E-state index in [9.17, 15) is 4.79 Å². The molecule has 23 heavy (non-hydrogen) atoms. The van der Waals surface area contributed by atoms with E-state index in [0.717, 1.165) is 30.4 Å². The fraction of sp³-hybridized carbons (Fsp3) is 0.632. The molecule has 3 nitrogen and oxygen atoms in total. The first kappa shape index (κ1) is 17.0. The molecule has 1 aliphatic carbocycles. The van der Waals surface area contributed by atoms with Gasteiger partial charge in [-0.05, 0) is 68.9 Å². The first-order chi connectivity index (χ1) is 11.2. The van der Waals surface area contributed by atoms with Crippen molar-refractivity contribution < 1.29 is 4.79 Å². The predicted molar refractivity (Wildman–Crippen MR) is 97.5 cm³/mol. The van der Waals surface area contributed by atoms with E-state index in [-0.39, 0.29) is 11.8 Å². The fourth-order valence-electron chi connectivity index (χ4n) is 3.57. The summed E-state index contributed by atoms with van der Waals surface area (Å²) in [5.41, 5.74) is 1.29. The summed E-state index contributed by atoms with van der Waals surface area (Å²) in [5, 5.41) is 3.14. The smallest absolute Gasteiger partial charge is 0.223 e. The summed E-state index contributed by atoms with van der Waals surface area (Å²) in [4.78, 5) is 14.8. The molecule has 1 heterocycles. The standard InChI is InChI=1S/C19H27BrN2O/c20-16-8-6-15(7-9-16)17-14-18(17)19(23)21-10-5-13-22-11-3-1-2-4-12-22/h6-9,17-18H,1-5,10-14H2,(H,21,23). The van der Waals surface area contributed by atoms with Crippen molar-refractivity contribution in [2.24, 2.45) is 5.92 Å². The molecule has 0 radical (unpaired) electrons. The number of nitrogens with one attached hydrogen (secondary N) is 1. The van der Waals surface area contributed by atoms with E-state index < -0.39 is 0 Å². The maximum absolute atomic E-state index is 12.2. The molecule has 2 aliphatic rings. The molecule has 126 valence electrons. The second-order valence-electron chi connectivity index (χ2n) is 6.90. The lowest BCUT2D eigenvalue weighted by Gasteiger charge is -2.19. The number of hydrogen-bond donors (Lipinski definition) is 1. The second-order valence-corrected chi connectivity index (χ2v) is 7.82. The van der Waals surface area contributed by atoms with Gasteiger partial charge in [0.15, 0.2) is 0 Å². The van der Waals surface area contributed by atoms with Crippen LogP contribution in [0.1, 0.15) is 50.0 Å². The number of benzene rings is 1. The van der Waals surface area contributed by atoms with E-state index in [4.69, 9.17) is 0 Å². The Balaban J connectivity index is 1.33. The number of rotatable bonds is 6. The molecular weight excluding hydrogens is 352 g/mol. The van der Waals surface area contributed by atoms with Gasteiger partial charge in [-0.2, -0.15) is 0 Å². The highest BCUT2D eigenvalue weighted by molar-refractivity contribution is 9.10. The molecule has 1 saturated heterocycles. The summed E-state index contributed by atoms with van der Waals surface area (Å²) in [6.45, 7) is 4.42. The maximum Gasteiger partial charge on any atom is 0.223 e. The Hall–Kier alpha value is -0.870. The topological polar surface area (TPSA) is 32.3 Å². The minimum absolute atomic E-state index is 0.189. The van der Waals surface area contributed by atoms with Crippen LogP contribution in [-0.2, 0) is 4.79 Å². The molecule has 1 N–H and O–H groups in total. The molecule has 1 saturated carbocycles. The molecule has 2 atom stereocenters. The number of amides is 1. The van der Waals surface area contributed by atoms with Crippen molar-refractivity contribution in [3.05, 3.63) is 34.3 Å². The third kappa shape index (κ3) is 5.05. The molecule has 0 spiro atoms. The molecule has 1 aliphatic heterocycles. The van der Waals surface area contributed by atoms with Crippen LogP contribution in [0.25, 0.3) is 0 Å². The Kier molecular flexibility index (Phi) is 6.12. The maximum atomic E-state index is 12.2. The van der Waals surface area contributed by atoms with Gasteiger partial charge in [0.05, 0.1) is 0 Å². The lowest BCUT2D eigenvalue weighted by molar-refractivity contribution is -0.122. The van der Waals surface area contributed by atoms with Crippen molar-refractivity contribution in [2.45, 2.75) is 44.4 Å². The van der Waals surface area contributed by atoms with Crippen molar-refractivity contribution in [2.75, 3.05) is 26.2 Å². The number of likely N-dealkylation sites (tertiary alicyclic amines) is 1. The lowest BCUT2D eigenvalue weighted by Crippen LogP contribution is -2.31. The molecule has 1 aromatic rings. The van der Waals surface area contributed by atoms with Crippen LogP contribution < -0.4 is 5.32 Å². The Morgan fingerprint density at radius 1 is 1.13 bits per heavy atom. The second kappa shape index (κ2) is 8.29. The molecule has 3 rings (SSSR count). The Labute approximate surface area is 148 Å². The highest BCUT2D eigenvalue weighted by Crippen LogP contribution is 2.47. The largest absolute Gasteiger partial charge is 0.356 e. The number of nitrogens with zero attached hydrogens (tertiary/aromatic N) is 1. The van der Waals surface area contributed by atoms with E-state index >= 15 is 0 Å². The van der Waals surface area contributed by atoms with Crippen LogP contribution in [0.2, 0.25) is 0 Å². The van der Waals surface area contributed by atoms with Gasteiger partial charge in [0, 0.05) is 16.9 Å². The third-order valence-electron chi connectivity index (χ3n) is 5.07. The van der Waals surface area contributed by atoms with Crippen LogP contribution >= 0.6 is 15.9 Å². The van der Waals surface area contributed by atoms with Gasteiger partial charge in [-0.25, -0.2) is 0 Å². The molecule has 4 heteroatoms. The number of hydrogen-bond acceptors (Lipinski definition) is 2.